The minimum atomic E-state index is -1.10. The van der Waals surface area contributed by atoms with Crippen molar-refractivity contribution < 1.29 is 28.9 Å². The van der Waals surface area contributed by atoms with Gasteiger partial charge in [-0.25, -0.2) is 9.59 Å². The van der Waals surface area contributed by atoms with Crippen molar-refractivity contribution in [3.63, 3.8) is 0 Å². The Morgan fingerprint density at radius 2 is 1.73 bits per heavy atom. The number of hydrogen-bond acceptors (Lipinski definition) is 7. The van der Waals surface area contributed by atoms with E-state index in [-0.39, 0.29) is 17.4 Å². The number of aromatic nitrogens is 1. The van der Waals surface area contributed by atoms with Crippen molar-refractivity contribution in [2.45, 2.75) is 141 Å². The van der Waals surface area contributed by atoms with Gasteiger partial charge < -0.3 is 29.5 Å². The van der Waals surface area contributed by atoms with E-state index >= 15 is 0 Å². The third-order valence-corrected chi connectivity index (χ3v) is 14.0. The summed E-state index contributed by atoms with van der Waals surface area (Å²) in [7, 11) is 0. The summed E-state index contributed by atoms with van der Waals surface area (Å²) >= 11 is 6.34. The van der Waals surface area contributed by atoms with E-state index in [9.17, 15) is 14.7 Å². The SMILES string of the molecule is C[C@@H](COc1ccnc2c1[C@H](C)CCC2)C[C@H]1Cc2ccc(OCCCCN(CCCc3ccccc3)C(=O)OC(C)(C)C)cc2C12CCC(Nc1cccc(Cl)c1)(C(=O)O)CC2. The van der Waals surface area contributed by atoms with Gasteiger partial charge in [0.1, 0.15) is 22.6 Å². The van der Waals surface area contributed by atoms with Crippen molar-refractivity contribution in [2.75, 3.05) is 31.6 Å². The first-order valence-electron chi connectivity index (χ1n) is 23.4. The molecular weight excluding hydrogens is 810 g/mol. The molecule has 9 nitrogen and oxygen atoms in total. The number of aliphatic carboxylic acids is 1. The number of amides is 1. The van der Waals surface area contributed by atoms with Crippen molar-refractivity contribution in [1.29, 1.82) is 0 Å². The predicted molar refractivity (Wildman–Crippen MR) is 251 cm³/mol. The first-order chi connectivity index (χ1) is 30.2. The maximum absolute atomic E-state index is 13.2. The Hall–Kier alpha value is -4.76. The summed E-state index contributed by atoms with van der Waals surface area (Å²) < 4.78 is 18.9. The fraction of sp³-hybridized carbons (Fsp3) is 0.528. The number of carbonyl (C=O) groups excluding carboxylic acids is 1. The monoisotopic (exact) mass is 877 g/mol. The molecule has 10 heteroatoms. The standard InChI is InChI=1S/C53H68ClN3O6/c1-37(36-62-47-23-28-55-46-20-11-14-38(2)48(46)47)32-41-33-40-21-22-44(35-45(40)52(41)24-26-53(27-25-52,49(58)59)56-43-19-12-18-42(54)34-43)61-31-10-9-29-57(50(60)63-51(3,4)5)30-13-17-39-15-7-6-8-16-39/h6-8,12,15-16,18-19,21-23,28,34-35,37-38,41,56H,9-11,13-14,17,20,24-27,29-33,36H2,1-5H3,(H,58,59)/t37-,38-,41+,52?,53?/m1/s1. The summed E-state index contributed by atoms with van der Waals surface area (Å²) in [6.45, 7) is 12.7. The van der Waals surface area contributed by atoms with Gasteiger partial charge in [-0.1, -0.05) is 67.9 Å². The van der Waals surface area contributed by atoms with Crippen LogP contribution in [0.25, 0.3) is 0 Å². The molecule has 4 aromatic rings. The lowest BCUT2D eigenvalue weighted by Crippen LogP contribution is -2.53. The molecule has 0 aliphatic heterocycles. The lowest BCUT2D eigenvalue weighted by Gasteiger charge is -2.47. The van der Waals surface area contributed by atoms with Crippen molar-refractivity contribution in [1.82, 2.24) is 9.88 Å². The van der Waals surface area contributed by atoms with Gasteiger partial charge in [-0.05, 0) is 180 Å². The maximum Gasteiger partial charge on any atom is 0.410 e. The number of nitrogens with one attached hydrogen (secondary N) is 1. The van der Waals surface area contributed by atoms with E-state index in [4.69, 9.17) is 25.8 Å². The Balaban J connectivity index is 1.03. The zero-order valence-electron chi connectivity index (χ0n) is 38.1. The number of benzene rings is 3. The zero-order chi connectivity index (χ0) is 44.6. The van der Waals surface area contributed by atoms with Crippen LogP contribution < -0.4 is 14.8 Å². The molecule has 1 fully saturated rings. The number of carboxylic acid groups (broad SMARTS) is 1. The van der Waals surface area contributed by atoms with Crippen molar-refractivity contribution in [2.24, 2.45) is 11.8 Å². The number of anilines is 1. The van der Waals surface area contributed by atoms with Crippen LogP contribution >= 0.6 is 11.6 Å². The highest BCUT2D eigenvalue weighted by Gasteiger charge is 2.54. The quantitative estimate of drug-likeness (QED) is 0.0951. The van der Waals surface area contributed by atoms with Gasteiger partial charge in [-0.3, -0.25) is 4.98 Å². The number of carboxylic acids is 1. The number of nitrogens with zero attached hydrogens (tertiary/aromatic N) is 2. The van der Waals surface area contributed by atoms with E-state index in [1.807, 2.05) is 68.3 Å². The Morgan fingerprint density at radius 1 is 0.952 bits per heavy atom. The topological polar surface area (TPSA) is 110 Å². The zero-order valence-corrected chi connectivity index (χ0v) is 38.9. The number of fused-ring (bicyclic) bond motifs is 3. The van der Waals surface area contributed by atoms with Crippen LogP contribution in [-0.2, 0) is 34.2 Å². The first-order valence-corrected chi connectivity index (χ1v) is 23.8. The van der Waals surface area contributed by atoms with Gasteiger partial charge in [0.05, 0.1) is 13.2 Å². The number of halogens is 1. The van der Waals surface area contributed by atoms with E-state index in [1.54, 1.807) is 12.1 Å². The van der Waals surface area contributed by atoms with E-state index < -0.39 is 17.1 Å². The summed E-state index contributed by atoms with van der Waals surface area (Å²) in [5.41, 5.74) is 5.20. The highest BCUT2D eigenvalue weighted by Crippen LogP contribution is 2.57. The van der Waals surface area contributed by atoms with Crippen LogP contribution in [0, 0.1) is 11.8 Å². The Kier molecular flexibility index (Phi) is 15.0. The second-order valence-electron chi connectivity index (χ2n) is 19.6. The van der Waals surface area contributed by atoms with E-state index in [2.05, 4.69) is 54.5 Å². The molecule has 63 heavy (non-hydrogen) atoms. The predicted octanol–water partition coefficient (Wildman–Crippen LogP) is 12.2. The molecular formula is C53H68ClN3O6. The van der Waals surface area contributed by atoms with Gasteiger partial charge in [0.15, 0.2) is 0 Å². The number of hydrogen-bond donors (Lipinski definition) is 2. The number of rotatable bonds is 18. The van der Waals surface area contributed by atoms with Crippen LogP contribution in [0.5, 0.6) is 11.5 Å². The Morgan fingerprint density at radius 3 is 2.48 bits per heavy atom. The average molecular weight is 879 g/mol. The molecule has 0 bridgehead atoms. The summed E-state index contributed by atoms with van der Waals surface area (Å²) in [5, 5.41) is 14.8. The first kappa shape index (κ1) is 46.2. The number of pyridine rings is 1. The third kappa shape index (κ3) is 11.5. The van der Waals surface area contributed by atoms with Crippen molar-refractivity contribution in [3.05, 3.63) is 118 Å². The Labute approximate surface area is 380 Å². The molecule has 3 atom stereocenters. The van der Waals surface area contributed by atoms with Crippen LogP contribution in [0.15, 0.2) is 85.1 Å². The maximum atomic E-state index is 13.2. The molecule has 1 amide bonds. The molecule has 3 aliphatic rings. The van der Waals surface area contributed by atoms with Gasteiger partial charge in [-0.2, -0.15) is 0 Å². The van der Waals surface area contributed by atoms with Crippen LogP contribution in [0.3, 0.4) is 0 Å². The van der Waals surface area contributed by atoms with Gasteiger partial charge in [0.25, 0.3) is 0 Å². The highest BCUT2D eigenvalue weighted by molar-refractivity contribution is 6.30. The molecule has 7 rings (SSSR count). The summed E-state index contributed by atoms with van der Waals surface area (Å²) in [4.78, 5) is 32.9. The van der Waals surface area contributed by atoms with Crippen LogP contribution in [-0.4, -0.2) is 64.5 Å². The molecule has 0 radical (unpaired) electrons. The van der Waals surface area contributed by atoms with E-state index in [1.165, 1.54) is 34.4 Å². The minimum Gasteiger partial charge on any atom is -0.494 e. The minimum absolute atomic E-state index is 0.198. The smallest absolute Gasteiger partial charge is 0.410 e. The molecule has 0 unspecified atom stereocenters. The van der Waals surface area contributed by atoms with Gasteiger partial charge >= 0.3 is 12.1 Å². The molecule has 0 saturated heterocycles. The third-order valence-electron chi connectivity index (χ3n) is 13.7. The lowest BCUT2D eigenvalue weighted by molar-refractivity contribution is -0.144. The van der Waals surface area contributed by atoms with Crippen LogP contribution in [0.4, 0.5) is 10.5 Å². The largest absolute Gasteiger partial charge is 0.494 e. The normalized spacial score (nSPS) is 22.1. The summed E-state index contributed by atoms with van der Waals surface area (Å²) in [5.74, 6) is 2.03. The molecule has 3 aliphatic carbocycles. The second-order valence-corrected chi connectivity index (χ2v) is 20.1. The van der Waals surface area contributed by atoms with Crippen LogP contribution in [0.1, 0.15) is 133 Å². The molecule has 3 aromatic carbocycles. The molecule has 1 heterocycles. The van der Waals surface area contributed by atoms with Crippen molar-refractivity contribution >= 4 is 29.4 Å². The van der Waals surface area contributed by atoms with Gasteiger partial charge in [0, 0.05) is 41.3 Å². The fourth-order valence-corrected chi connectivity index (χ4v) is 10.7. The van der Waals surface area contributed by atoms with Gasteiger partial charge in [0.2, 0.25) is 0 Å². The number of aryl methyl sites for hydroxylation is 2. The lowest BCUT2D eigenvalue weighted by atomic mass is 9.59. The molecule has 338 valence electrons. The second kappa shape index (κ2) is 20.4. The average Bonchev–Trinajstić information content (AvgIpc) is 3.53. The Bertz CT molecular complexity index is 2160. The molecule has 1 saturated carbocycles. The molecule has 1 spiro atoms. The number of carbonyl (C=O) groups is 2. The van der Waals surface area contributed by atoms with Crippen LogP contribution in [0.2, 0.25) is 5.02 Å². The summed E-state index contributed by atoms with van der Waals surface area (Å²) in [6.07, 6.45) is 12.6. The number of unbranched alkanes of at least 4 members (excludes halogenated alkanes) is 1. The highest BCUT2D eigenvalue weighted by atomic mass is 35.5. The summed E-state index contributed by atoms with van der Waals surface area (Å²) in [6, 6.07) is 26.3. The van der Waals surface area contributed by atoms with E-state index in [0.717, 1.165) is 81.4 Å². The molecule has 2 N–H and O–H groups in total. The number of ether oxygens (including phenoxy) is 3. The van der Waals surface area contributed by atoms with E-state index in [0.29, 0.717) is 56.0 Å². The molecule has 1 aromatic heterocycles. The van der Waals surface area contributed by atoms with Gasteiger partial charge in [-0.15, -0.1) is 0 Å². The fourth-order valence-electron chi connectivity index (χ4n) is 10.5. The van der Waals surface area contributed by atoms with Crippen molar-refractivity contribution in [3.8, 4) is 11.5 Å².